The molecular weight excluding hydrogens is 392 g/mol. The molecule has 3 aromatic carbocycles. The average molecular weight is 410 g/mol. The van der Waals surface area contributed by atoms with Crippen LogP contribution in [0.4, 0.5) is 17.1 Å². The molecule has 3 rings (SSSR count). The van der Waals surface area contributed by atoms with Gasteiger partial charge in [0.25, 0.3) is 15.7 Å². The predicted molar refractivity (Wildman–Crippen MR) is 113 cm³/mol. The minimum Gasteiger partial charge on any atom is -0.280 e. The fourth-order valence-electron chi connectivity index (χ4n) is 2.48. The van der Waals surface area contributed by atoms with E-state index in [2.05, 4.69) is 15.2 Å². The quantitative estimate of drug-likeness (QED) is 0.345. The van der Waals surface area contributed by atoms with E-state index < -0.39 is 14.9 Å². The van der Waals surface area contributed by atoms with Crippen molar-refractivity contribution in [2.24, 2.45) is 5.10 Å². The Labute approximate surface area is 168 Å². The molecule has 0 spiro atoms. The lowest BCUT2D eigenvalue weighted by Gasteiger charge is -2.09. The summed E-state index contributed by atoms with van der Waals surface area (Å²) >= 11 is 0. The van der Waals surface area contributed by atoms with E-state index in [0.717, 1.165) is 5.56 Å². The molecule has 0 atom stereocenters. The summed E-state index contributed by atoms with van der Waals surface area (Å²) in [5.74, 6) is 0. The molecule has 0 bridgehead atoms. The van der Waals surface area contributed by atoms with E-state index in [4.69, 9.17) is 0 Å². The summed E-state index contributed by atoms with van der Waals surface area (Å²) in [4.78, 5) is 10.7. The number of rotatable bonds is 7. The van der Waals surface area contributed by atoms with Crippen LogP contribution in [0.15, 0.2) is 82.8 Å². The zero-order chi connectivity index (χ0) is 20.9. The van der Waals surface area contributed by atoms with Crippen molar-refractivity contribution in [1.29, 1.82) is 0 Å². The number of anilines is 2. The van der Waals surface area contributed by atoms with Gasteiger partial charge in [0.1, 0.15) is 0 Å². The van der Waals surface area contributed by atoms with Crippen molar-refractivity contribution in [2.45, 2.75) is 11.8 Å². The highest BCUT2D eigenvalue weighted by molar-refractivity contribution is 7.92. The summed E-state index contributed by atoms with van der Waals surface area (Å²) in [5, 5.41) is 15.0. The van der Waals surface area contributed by atoms with Crippen molar-refractivity contribution in [3.05, 3.63) is 94.0 Å². The smallest absolute Gasteiger partial charge is 0.278 e. The third-order valence-electron chi connectivity index (χ3n) is 4.00. The lowest BCUT2D eigenvalue weighted by molar-refractivity contribution is -0.385. The highest BCUT2D eigenvalue weighted by Crippen LogP contribution is 2.19. The molecule has 2 N–H and O–H groups in total. The second kappa shape index (κ2) is 8.53. The normalized spacial score (nSPS) is 11.3. The molecule has 0 aliphatic carbocycles. The molecule has 0 saturated carbocycles. The van der Waals surface area contributed by atoms with Gasteiger partial charge in [0.2, 0.25) is 0 Å². The van der Waals surface area contributed by atoms with Gasteiger partial charge in [0.15, 0.2) is 0 Å². The lowest BCUT2D eigenvalue weighted by Crippen LogP contribution is -2.12. The van der Waals surface area contributed by atoms with E-state index in [1.807, 2.05) is 6.92 Å². The number of hydrogen-bond donors (Lipinski definition) is 2. The molecule has 0 aliphatic heterocycles. The van der Waals surface area contributed by atoms with Crippen LogP contribution in [0.2, 0.25) is 0 Å². The number of nitrogens with one attached hydrogen (secondary N) is 2. The summed E-state index contributed by atoms with van der Waals surface area (Å²) in [6.07, 6.45) is 1.35. The summed E-state index contributed by atoms with van der Waals surface area (Å²) < 4.78 is 27.3. The van der Waals surface area contributed by atoms with Crippen molar-refractivity contribution in [2.75, 3.05) is 10.1 Å². The maximum absolute atomic E-state index is 12.4. The van der Waals surface area contributed by atoms with E-state index in [-0.39, 0.29) is 10.6 Å². The Balaban J connectivity index is 1.66. The number of nitro benzene ring substituents is 1. The molecule has 8 nitrogen and oxygen atoms in total. The second-order valence-corrected chi connectivity index (χ2v) is 7.86. The van der Waals surface area contributed by atoms with Gasteiger partial charge in [-0.2, -0.15) is 5.10 Å². The molecule has 0 amide bonds. The topological polar surface area (TPSA) is 114 Å². The Morgan fingerprint density at radius 3 is 2.21 bits per heavy atom. The SMILES string of the molecule is Cc1ccc(S(=O)(=O)Nc2ccc(NN=Cc3ccccc3[N+](=O)[O-])cc2)cc1. The molecule has 3 aromatic rings. The molecular formula is C20H18N4O4S. The van der Waals surface area contributed by atoms with Crippen LogP contribution in [0, 0.1) is 17.0 Å². The number of aryl methyl sites for hydroxylation is 1. The zero-order valence-corrected chi connectivity index (χ0v) is 16.3. The first-order chi connectivity index (χ1) is 13.8. The summed E-state index contributed by atoms with van der Waals surface area (Å²) in [6.45, 7) is 1.88. The van der Waals surface area contributed by atoms with Gasteiger partial charge in [0, 0.05) is 11.8 Å². The lowest BCUT2D eigenvalue weighted by atomic mass is 10.2. The average Bonchev–Trinajstić information content (AvgIpc) is 2.70. The number of sulfonamides is 1. The first-order valence-electron chi connectivity index (χ1n) is 8.57. The molecule has 0 radical (unpaired) electrons. The Morgan fingerprint density at radius 1 is 0.931 bits per heavy atom. The van der Waals surface area contributed by atoms with Crippen LogP contribution in [0.1, 0.15) is 11.1 Å². The highest BCUT2D eigenvalue weighted by atomic mass is 32.2. The molecule has 0 heterocycles. The molecule has 0 unspecified atom stereocenters. The number of nitrogens with zero attached hydrogens (tertiary/aromatic N) is 2. The molecule has 0 fully saturated rings. The van der Waals surface area contributed by atoms with Gasteiger partial charge < -0.3 is 0 Å². The molecule has 29 heavy (non-hydrogen) atoms. The monoisotopic (exact) mass is 410 g/mol. The first kappa shape index (κ1) is 20.0. The van der Waals surface area contributed by atoms with Gasteiger partial charge in [-0.15, -0.1) is 0 Å². The van der Waals surface area contributed by atoms with Crippen LogP contribution < -0.4 is 10.1 Å². The molecule has 0 aliphatic rings. The van der Waals surface area contributed by atoms with E-state index >= 15 is 0 Å². The van der Waals surface area contributed by atoms with E-state index in [9.17, 15) is 18.5 Å². The van der Waals surface area contributed by atoms with Gasteiger partial charge in [-0.05, 0) is 49.4 Å². The Bertz CT molecular complexity index is 1140. The van der Waals surface area contributed by atoms with E-state index in [1.165, 1.54) is 12.3 Å². The Kier molecular flexibility index (Phi) is 5.89. The van der Waals surface area contributed by atoms with Gasteiger partial charge >= 0.3 is 0 Å². The molecule has 0 aromatic heterocycles. The summed E-state index contributed by atoms with van der Waals surface area (Å²) in [6, 6.07) is 19.3. The molecule has 148 valence electrons. The van der Waals surface area contributed by atoms with Crippen molar-refractivity contribution >= 4 is 33.3 Å². The van der Waals surface area contributed by atoms with Crippen LogP contribution in [0.3, 0.4) is 0 Å². The van der Waals surface area contributed by atoms with E-state index in [1.54, 1.807) is 66.7 Å². The van der Waals surface area contributed by atoms with Crippen LogP contribution in [-0.2, 0) is 10.0 Å². The molecule has 9 heteroatoms. The number of para-hydroxylation sites is 1. The highest BCUT2D eigenvalue weighted by Gasteiger charge is 2.13. The number of benzene rings is 3. The standard InChI is InChI=1S/C20H18N4O4S/c1-15-6-12-19(13-7-15)29(27,28)23-18-10-8-17(9-11-18)22-21-14-16-4-2-3-5-20(16)24(25)26/h2-14,22-23H,1H3. The van der Waals surface area contributed by atoms with Gasteiger partial charge in [0.05, 0.1) is 27.3 Å². The minimum atomic E-state index is -3.67. The number of nitro groups is 1. The van der Waals surface area contributed by atoms with E-state index in [0.29, 0.717) is 16.9 Å². The van der Waals surface area contributed by atoms with Crippen LogP contribution in [-0.4, -0.2) is 19.6 Å². The van der Waals surface area contributed by atoms with Gasteiger partial charge in [-0.1, -0.05) is 29.8 Å². The Morgan fingerprint density at radius 2 is 1.55 bits per heavy atom. The van der Waals surface area contributed by atoms with Gasteiger partial charge in [-0.25, -0.2) is 8.42 Å². The van der Waals surface area contributed by atoms with Crippen LogP contribution in [0.25, 0.3) is 0 Å². The van der Waals surface area contributed by atoms with Crippen LogP contribution in [0.5, 0.6) is 0 Å². The maximum Gasteiger partial charge on any atom is 0.278 e. The van der Waals surface area contributed by atoms with Crippen LogP contribution >= 0.6 is 0 Å². The fourth-order valence-corrected chi connectivity index (χ4v) is 3.54. The van der Waals surface area contributed by atoms with Crippen molar-refractivity contribution in [3.63, 3.8) is 0 Å². The summed E-state index contributed by atoms with van der Waals surface area (Å²) in [7, 11) is -3.67. The first-order valence-corrected chi connectivity index (χ1v) is 10.1. The minimum absolute atomic E-state index is 0.0427. The van der Waals surface area contributed by atoms with Crippen molar-refractivity contribution in [3.8, 4) is 0 Å². The molecule has 0 saturated heterocycles. The van der Waals surface area contributed by atoms with Crippen molar-refractivity contribution < 1.29 is 13.3 Å². The Hall–Kier alpha value is -3.72. The number of hydrazone groups is 1. The second-order valence-electron chi connectivity index (χ2n) is 6.18. The fraction of sp³-hybridized carbons (Fsp3) is 0.0500. The van der Waals surface area contributed by atoms with Crippen molar-refractivity contribution in [1.82, 2.24) is 0 Å². The van der Waals surface area contributed by atoms with Gasteiger partial charge in [-0.3, -0.25) is 20.3 Å². The predicted octanol–water partition coefficient (Wildman–Crippen LogP) is 4.15. The summed E-state index contributed by atoms with van der Waals surface area (Å²) in [5.41, 5.74) is 5.05. The maximum atomic E-state index is 12.4. The zero-order valence-electron chi connectivity index (χ0n) is 15.4. The largest absolute Gasteiger partial charge is 0.280 e. The third-order valence-corrected chi connectivity index (χ3v) is 5.40. The number of hydrogen-bond acceptors (Lipinski definition) is 6. The third kappa shape index (κ3) is 5.17.